The van der Waals surface area contributed by atoms with Gasteiger partial charge in [-0.05, 0) is 19.1 Å². The molecule has 0 aromatic heterocycles. The van der Waals surface area contributed by atoms with E-state index in [0.29, 0.717) is 17.5 Å². The fraction of sp³-hybridized carbons (Fsp3) is 0.278. The lowest BCUT2D eigenvalue weighted by molar-refractivity contribution is -0.708. The molecule has 24 heavy (non-hydrogen) atoms. The summed E-state index contributed by atoms with van der Waals surface area (Å²) in [5.41, 5.74) is 7.48. The minimum absolute atomic E-state index is 0.181. The highest BCUT2D eigenvalue weighted by Crippen LogP contribution is 2.33. The van der Waals surface area contributed by atoms with E-state index in [4.69, 9.17) is 15.2 Å². The molecule has 0 heterocycles. The number of benzene rings is 2. The Bertz CT molecular complexity index is 692. The summed E-state index contributed by atoms with van der Waals surface area (Å²) in [5.74, 6) is 0.542. The standard InChI is InChI=1S/C18H21BrN2O3/c1-12(13-6-4-3-5-7-13)21-10-14-8-16(23-2)17(9-15(14)19)24-11-18(20)22/h3-9,12,21H,10-11H2,1-2H3,(H2,20,22)/p+1/t12-/m1/s1. The van der Waals surface area contributed by atoms with E-state index in [1.807, 2.05) is 24.3 Å². The molecule has 5 nitrogen and oxygen atoms in total. The number of methoxy groups -OCH3 is 1. The van der Waals surface area contributed by atoms with Crippen LogP contribution >= 0.6 is 15.9 Å². The monoisotopic (exact) mass is 393 g/mol. The lowest BCUT2D eigenvalue weighted by Crippen LogP contribution is -2.83. The maximum absolute atomic E-state index is 10.9. The van der Waals surface area contributed by atoms with Crippen LogP contribution in [-0.4, -0.2) is 19.6 Å². The summed E-state index contributed by atoms with van der Waals surface area (Å²) in [6, 6.07) is 14.4. The molecule has 0 radical (unpaired) electrons. The lowest BCUT2D eigenvalue weighted by Gasteiger charge is -2.15. The van der Waals surface area contributed by atoms with Crippen molar-refractivity contribution < 1.29 is 19.6 Å². The van der Waals surface area contributed by atoms with E-state index in [0.717, 1.165) is 16.6 Å². The van der Waals surface area contributed by atoms with Crippen molar-refractivity contribution in [2.24, 2.45) is 5.73 Å². The molecule has 2 aromatic carbocycles. The Morgan fingerprint density at radius 1 is 1.25 bits per heavy atom. The highest BCUT2D eigenvalue weighted by molar-refractivity contribution is 9.10. The Morgan fingerprint density at radius 3 is 2.58 bits per heavy atom. The first kappa shape index (κ1) is 18.3. The van der Waals surface area contributed by atoms with Gasteiger partial charge >= 0.3 is 0 Å². The maximum Gasteiger partial charge on any atom is 0.255 e. The van der Waals surface area contributed by atoms with Crippen LogP contribution in [0.2, 0.25) is 0 Å². The number of hydrogen-bond acceptors (Lipinski definition) is 3. The molecule has 1 atom stereocenters. The van der Waals surface area contributed by atoms with Crippen molar-refractivity contribution in [1.29, 1.82) is 0 Å². The van der Waals surface area contributed by atoms with Crippen molar-refractivity contribution in [3.8, 4) is 11.5 Å². The van der Waals surface area contributed by atoms with Crippen LogP contribution in [0.4, 0.5) is 0 Å². The SMILES string of the molecule is COc1cc(C[NH2+][C@H](C)c2ccccc2)c(Br)cc1OCC(N)=O. The lowest BCUT2D eigenvalue weighted by atomic mass is 10.1. The molecular formula is C18H22BrN2O3+. The van der Waals surface area contributed by atoms with E-state index in [1.165, 1.54) is 5.56 Å². The molecular weight excluding hydrogens is 372 g/mol. The number of primary amides is 1. The number of nitrogens with two attached hydrogens (primary N) is 2. The highest BCUT2D eigenvalue weighted by atomic mass is 79.9. The summed E-state index contributed by atoms with van der Waals surface area (Å²) in [6.07, 6.45) is 0. The van der Waals surface area contributed by atoms with Crippen molar-refractivity contribution in [2.75, 3.05) is 13.7 Å². The van der Waals surface area contributed by atoms with Crippen LogP contribution < -0.4 is 20.5 Å². The fourth-order valence-corrected chi connectivity index (χ4v) is 2.84. The summed E-state index contributed by atoms with van der Waals surface area (Å²) in [5, 5.41) is 2.25. The van der Waals surface area contributed by atoms with Gasteiger partial charge in [0.05, 0.1) is 7.11 Å². The molecule has 0 spiro atoms. The van der Waals surface area contributed by atoms with Gasteiger partial charge in [0.1, 0.15) is 12.6 Å². The molecule has 0 aliphatic heterocycles. The predicted molar refractivity (Wildman–Crippen MR) is 95.9 cm³/mol. The van der Waals surface area contributed by atoms with Gasteiger partial charge in [-0.25, -0.2) is 0 Å². The second-order valence-electron chi connectivity index (χ2n) is 5.49. The normalized spacial score (nSPS) is 11.8. The van der Waals surface area contributed by atoms with E-state index < -0.39 is 5.91 Å². The third-order valence-electron chi connectivity index (χ3n) is 3.72. The first-order valence-electron chi connectivity index (χ1n) is 7.67. The van der Waals surface area contributed by atoms with Crippen molar-refractivity contribution in [2.45, 2.75) is 19.5 Å². The van der Waals surface area contributed by atoms with Crippen LogP contribution in [0.1, 0.15) is 24.1 Å². The quantitative estimate of drug-likeness (QED) is 0.720. The van der Waals surface area contributed by atoms with Gasteiger partial charge in [0.25, 0.3) is 5.91 Å². The molecule has 0 fully saturated rings. The smallest absolute Gasteiger partial charge is 0.255 e. The van der Waals surface area contributed by atoms with Crippen LogP contribution in [0, 0.1) is 0 Å². The Hall–Kier alpha value is -2.05. The number of quaternary nitrogens is 1. The second kappa shape index (κ2) is 8.70. The number of halogens is 1. The van der Waals surface area contributed by atoms with Gasteiger partial charge in [-0.3, -0.25) is 4.79 Å². The van der Waals surface area contributed by atoms with E-state index in [1.54, 1.807) is 13.2 Å². The van der Waals surface area contributed by atoms with E-state index >= 15 is 0 Å². The number of carbonyl (C=O) groups is 1. The topological polar surface area (TPSA) is 78.2 Å². The van der Waals surface area contributed by atoms with Gasteiger partial charge in [0.15, 0.2) is 18.1 Å². The minimum atomic E-state index is -0.526. The van der Waals surface area contributed by atoms with Crippen molar-refractivity contribution >= 4 is 21.8 Å². The van der Waals surface area contributed by atoms with Crippen molar-refractivity contribution in [3.05, 3.63) is 58.1 Å². The van der Waals surface area contributed by atoms with Gasteiger partial charge in [-0.2, -0.15) is 0 Å². The molecule has 128 valence electrons. The molecule has 6 heteroatoms. The summed E-state index contributed by atoms with van der Waals surface area (Å²) in [6.45, 7) is 2.77. The fourth-order valence-electron chi connectivity index (χ4n) is 2.35. The predicted octanol–water partition coefficient (Wildman–Crippen LogP) is 2.15. The average Bonchev–Trinajstić information content (AvgIpc) is 2.59. The number of hydrogen-bond donors (Lipinski definition) is 2. The van der Waals surface area contributed by atoms with E-state index in [9.17, 15) is 4.79 Å². The van der Waals surface area contributed by atoms with Gasteiger partial charge in [-0.15, -0.1) is 0 Å². The zero-order valence-corrected chi connectivity index (χ0v) is 15.4. The summed E-state index contributed by atoms with van der Waals surface area (Å²) < 4.78 is 11.6. The van der Waals surface area contributed by atoms with Crippen LogP contribution in [0.3, 0.4) is 0 Å². The summed E-state index contributed by atoms with van der Waals surface area (Å²) in [7, 11) is 1.57. The van der Waals surface area contributed by atoms with Gasteiger partial charge in [0, 0.05) is 15.6 Å². The number of amides is 1. The van der Waals surface area contributed by atoms with Crippen molar-refractivity contribution in [3.63, 3.8) is 0 Å². The molecule has 2 rings (SSSR count). The number of rotatable bonds is 8. The van der Waals surface area contributed by atoms with Crippen LogP contribution in [0.15, 0.2) is 46.9 Å². The summed E-state index contributed by atoms with van der Waals surface area (Å²) in [4.78, 5) is 10.9. The maximum atomic E-state index is 10.9. The zero-order chi connectivity index (χ0) is 17.5. The van der Waals surface area contributed by atoms with E-state index in [-0.39, 0.29) is 6.61 Å². The van der Waals surface area contributed by atoms with Crippen LogP contribution in [0.5, 0.6) is 11.5 Å². The minimum Gasteiger partial charge on any atom is -0.493 e. The number of ether oxygens (including phenoxy) is 2. The molecule has 1 amide bonds. The molecule has 0 aliphatic carbocycles. The first-order chi connectivity index (χ1) is 11.5. The third kappa shape index (κ3) is 4.97. The second-order valence-corrected chi connectivity index (χ2v) is 6.34. The zero-order valence-electron chi connectivity index (χ0n) is 13.8. The third-order valence-corrected chi connectivity index (χ3v) is 4.46. The highest BCUT2D eigenvalue weighted by Gasteiger charge is 2.14. The van der Waals surface area contributed by atoms with Crippen molar-refractivity contribution in [1.82, 2.24) is 0 Å². The Labute approximate surface area is 150 Å². The Balaban J connectivity index is 2.08. The molecule has 4 N–H and O–H groups in total. The largest absolute Gasteiger partial charge is 0.493 e. The molecule has 0 saturated heterocycles. The molecule has 2 aromatic rings. The molecule has 0 unspecified atom stereocenters. The molecule has 0 saturated carbocycles. The summed E-state index contributed by atoms with van der Waals surface area (Å²) >= 11 is 3.55. The Kier molecular flexibility index (Phi) is 6.63. The van der Waals surface area contributed by atoms with Gasteiger partial charge < -0.3 is 20.5 Å². The van der Waals surface area contributed by atoms with Crippen LogP contribution in [-0.2, 0) is 11.3 Å². The molecule has 0 aliphatic rings. The van der Waals surface area contributed by atoms with Gasteiger partial charge in [0.2, 0.25) is 0 Å². The molecule has 0 bridgehead atoms. The number of carbonyl (C=O) groups excluding carboxylic acids is 1. The Morgan fingerprint density at radius 2 is 1.96 bits per heavy atom. The first-order valence-corrected chi connectivity index (χ1v) is 8.46. The van der Waals surface area contributed by atoms with Crippen LogP contribution in [0.25, 0.3) is 0 Å². The van der Waals surface area contributed by atoms with Gasteiger partial charge in [-0.1, -0.05) is 46.3 Å². The van der Waals surface area contributed by atoms with E-state index in [2.05, 4.69) is 40.3 Å². The average molecular weight is 394 g/mol.